The summed E-state index contributed by atoms with van der Waals surface area (Å²) in [7, 11) is 0. The zero-order valence-electron chi connectivity index (χ0n) is 11.9. The zero-order chi connectivity index (χ0) is 16.4. The molecule has 3 aromatic rings. The van der Waals surface area contributed by atoms with E-state index in [0.717, 1.165) is 10.4 Å². The van der Waals surface area contributed by atoms with Gasteiger partial charge >= 0.3 is 11.9 Å². The van der Waals surface area contributed by atoms with Crippen LogP contribution in [0, 0.1) is 0 Å². The maximum absolute atomic E-state index is 11.5. The molecule has 1 heterocycles. The van der Waals surface area contributed by atoms with Crippen LogP contribution in [0.15, 0.2) is 60.0 Å². The third-order valence-corrected chi connectivity index (χ3v) is 4.46. The van der Waals surface area contributed by atoms with Gasteiger partial charge in [0.15, 0.2) is 0 Å². The second-order valence-corrected chi connectivity index (χ2v) is 5.78. The summed E-state index contributed by atoms with van der Waals surface area (Å²) in [6.07, 6.45) is 0. The van der Waals surface area contributed by atoms with Crippen molar-refractivity contribution in [2.45, 2.75) is 0 Å². The molecule has 0 unspecified atom stereocenters. The minimum absolute atomic E-state index is 0.194. The second kappa shape index (κ2) is 6.06. The molecule has 0 fully saturated rings. The second-order valence-electron chi connectivity index (χ2n) is 4.86. The molecule has 0 radical (unpaired) electrons. The van der Waals surface area contributed by atoms with Crippen molar-refractivity contribution in [2.24, 2.45) is 0 Å². The van der Waals surface area contributed by atoms with Crippen LogP contribution in [0.3, 0.4) is 0 Å². The van der Waals surface area contributed by atoms with Gasteiger partial charge in [0.2, 0.25) is 0 Å². The number of hydrogen-bond acceptors (Lipinski definition) is 3. The first-order valence-electron chi connectivity index (χ1n) is 6.82. The van der Waals surface area contributed by atoms with E-state index in [1.54, 1.807) is 48.5 Å². The highest BCUT2D eigenvalue weighted by molar-refractivity contribution is 7.14. The monoisotopic (exact) mass is 324 g/mol. The number of benzene rings is 2. The molecule has 0 aliphatic carbocycles. The fourth-order valence-electron chi connectivity index (χ4n) is 2.50. The summed E-state index contributed by atoms with van der Waals surface area (Å²) in [5.41, 5.74) is 2.28. The van der Waals surface area contributed by atoms with Crippen molar-refractivity contribution in [1.29, 1.82) is 0 Å². The summed E-state index contributed by atoms with van der Waals surface area (Å²) in [5, 5.41) is 20.6. The van der Waals surface area contributed by atoms with Crippen molar-refractivity contribution in [3.8, 4) is 21.6 Å². The van der Waals surface area contributed by atoms with Crippen molar-refractivity contribution < 1.29 is 19.8 Å². The molecule has 1 aromatic heterocycles. The first-order valence-corrected chi connectivity index (χ1v) is 7.70. The minimum atomic E-state index is -1.01. The van der Waals surface area contributed by atoms with E-state index in [1.165, 1.54) is 11.3 Å². The number of rotatable bonds is 4. The van der Waals surface area contributed by atoms with Crippen molar-refractivity contribution >= 4 is 23.3 Å². The summed E-state index contributed by atoms with van der Waals surface area (Å²) >= 11 is 1.39. The van der Waals surface area contributed by atoms with Crippen molar-refractivity contribution in [2.75, 3.05) is 0 Å². The standard InChI is InChI=1S/C18H12O4S/c19-17(20)14-7-3-1-5-11(14)13-9-10-23-16(13)12-6-2-4-8-15(12)18(21)22/h1-10H,(H,19,20)(H,21,22). The molecule has 0 aliphatic rings. The topological polar surface area (TPSA) is 74.6 Å². The molecular formula is C18H12O4S. The molecule has 23 heavy (non-hydrogen) atoms. The van der Waals surface area contributed by atoms with Gasteiger partial charge in [0, 0.05) is 16.0 Å². The van der Waals surface area contributed by atoms with Crippen molar-refractivity contribution in [3.05, 3.63) is 71.1 Å². The molecule has 2 N–H and O–H groups in total. The first-order chi connectivity index (χ1) is 11.1. The van der Waals surface area contributed by atoms with Gasteiger partial charge in [-0.2, -0.15) is 0 Å². The summed E-state index contributed by atoms with van der Waals surface area (Å²) < 4.78 is 0. The Morgan fingerprint density at radius 1 is 0.696 bits per heavy atom. The fourth-order valence-corrected chi connectivity index (χ4v) is 3.45. The molecule has 0 bridgehead atoms. The van der Waals surface area contributed by atoms with Gasteiger partial charge < -0.3 is 10.2 Å². The first kappa shape index (κ1) is 15.0. The van der Waals surface area contributed by atoms with Gasteiger partial charge in [-0.15, -0.1) is 11.3 Å². The average Bonchev–Trinajstić information content (AvgIpc) is 3.04. The highest BCUT2D eigenvalue weighted by atomic mass is 32.1. The van der Waals surface area contributed by atoms with Crippen LogP contribution < -0.4 is 0 Å². The van der Waals surface area contributed by atoms with Gasteiger partial charge in [0.25, 0.3) is 0 Å². The van der Waals surface area contributed by atoms with E-state index in [1.807, 2.05) is 11.4 Å². The van der Waals surface area contributed by atoms with Crippen LogP contribution >= 0.6 is 11.3 Å². The van der Waals surface area contributed by atoms with Crippen LogP contribution in [0.4, 0.5) is 0 Å². The normalized spacial score (nSPS) is 10.4. The Kier molecular flexibility index (Phi) is 3.95. The molecule has 0 saturated heterocycles. The highest BCUT2D eigenvalue weighted by Crippen LogP contribution is 2.39. The average molecular weight is 324 g/mol. The molecule has 0 amide bonds. The van der Waals surface area contributed by atoms with Crippen molar-refractivity contribution in [3.63, 3.8) is 0 Å². The van der Waals surface area contributed by atoms with Crippen LogP contribution in [0.2, 0.25) is 0 Å². The minimum Gasteiger partial charge on any atom is -0.478 e. The molecular weight excluding hydrogens is 312 g/mol. The maximum Gasteiger partial charge on any atom is 0.336 e. The van der Waals surface area contributed by atoms with E-state index in [9.17, 15) is 19.8 Å². The van der Waals surface area contributed by atoms with E-state index in [-0.39, 0.29) is 11.1 Å². The smallest absolute Gasteiger partial charge is 0.336 e. The van der Waals surface area contributed by atoms with Gasteiger partial charge in [-0.1, -0.05) is 36.4 Å². The van der Waals surface area contributed by atoms with Gasteiger partial charge in [0.05, 0.1) is 11.1 Å². The summed E-state index contributed by atoms with van der Waals surface area (Å²) in [6, 6.07) is 15.3. The van der Waals surface area contributed by atoms with E-state index >= 15 is 0 Å². The molecule has 0 spiro atoms. The number of carboxylic acids is 2. The molecule has 2 aromatic carbocycles. The van der Waals surface area contributed by atoms with E-state index in [2.05, 4.69) is 0 Å². The molecule has 0 aliphatic heterocycles. The maximum atomic E-state index is 11.5. The third-order valence-electron chi connectivity index (χ3n) is 3.51. The van der Waals surface area contributed by atoms with E-state index in [0.29, 0.717) is 11.1 Å². The number of carbonyl (C=O) groups is 2. The van der Waals surface area contributed by atoms with Gasteiger partial charge in [-0.3, -0.25) is 0 Å². The number of aromatic carboxylic acids is 2. The summed E-state index contributed by atoms with van der Waals surface area (Å²) in [4.78, 5) is 23.6. The Morgan fingerprint density at radius 3 is 1.83 bits per heavy atom. The molecule has 0 atom stereocenters. The number of thiophene rings is 1. The van der Waals surface area contributed by atoms with Gasteiger partial charge in [-0.25, -0.2) is 9.59 Å². The van der Waals surface area contributed by atoms with E-state index < -0.39 is 11.9 Å². The highest BCUT2D eigenvalue weighted by Gasteiger charge is 2.19. The fraction of sp³-hybridized carbons (Fsp3) is 0. The van der Waals surface area contributed by atoms with Gasteiger partial charge in [0.1, 0.15) is 0 Å². The van der Waals surface area contributed by atoms with Crippen LogP contribution in [0.5, 0.6) is 0 Å². The Bertz CT molecular complexity index is 823. The lowest BCUT2D eigenvalue weighted by atomic mass is 9.96. The lowest BCUT2D eigenvalue weighted by Crippen LogP contribution is -2.01. The Morgan fingerprint density at radius 2 is 1.22 bits per heavy atom. The molecule has 114 valence electrons. The van der Waals surface area contributed by atoms with Crippen molar-refractivity contribution in [1.82, 2.24) is 0 Å². The molecule has 0 saturated carbocycles. The Labute approximate surface area is 136 Å². The quantitative estimate of drug-likeness (QED) is 0.742. The van der Waals surface area contributed by atoms with Crippen LogP contribution in [-0.2, 0) is 0 Å². The lowest BCUT2D eigenvalue weighted by Gasteiger charge is -2.09. The Hall–Kier alpha value is -2.92. The molecule has 5 heteroatoms. The Balaban J connectivity index is 2.23. The number of hydrogen-bond donors (Lipinski definition) is 2. The molecule has 4 nitrogen and oxygen atoms in total. The predicted octanol–water partition coefficient (Wildman–Crippen LogP) is 4.48. The summed E-state index contributed by atoms with van der Waals surface area (Å²) in [6.45, 7) is 0. The third kappa shape index (κ3) is 2.74. The van der Waals surface area contributed by atoms with Crippen LogP contribution in [-0.4, -0.2) is 22.2 Å². The predicted molar refractivity (Wildman–Crippen MR) is 89.1 cm³/mol. The van der Waals surface area contributed by atoms with Gasteiger partial charge in [-0.05, 0) is 29.1 Å². The zero-order valence-corrected chi connectivity index (χ0v) is 12.7. The van der Waals surface area contributed by atoms with Crippen LogP contribution in [0.1, 0.15) is 20.7 Å². The van der Waals surface area contributed by atoms with Crippen LogP contribution in [0.25, 0.3) is 21.6 Å². The largest absolute Gasteiger partial charge is 0.478 e. The summed E-state index contributed by atoms with van der Waals surface area (Å²) in [5.74, 6) is -2.02. The van der Waals surface area contributed by atoms with E-state index in [4.69, 9.17) is 0 Å². The SMILES string of the molecule is O=C(O)c1ccccc1-c1ccsc1-c1ccccc1C(=O)O. The molecule has 3 rings (SSSR count). The lowest BCUT2D eigenvalue weighted by molar-refractivity contribution is 0.0686. The number of carboxylic acid groups (broad SMARTS) is 2.